The highest BCUT2D eigenvalue weighted by atomic mass is 19.4. The second-order valence-corrected chi connectivity index (χ2v) is 4.80. The van der Waals surface area contributed by atoms with Gasteiger partial charge in [0.25, 0.3) is 0 Å². The highest BCUT2D eigenvalue weighted by Gasteiger charge is 2.30. The number of rotatable bonds is 1. The fraction of sp³-hybridized carbons (Fsp3) is 0.133. The van der Waals surface area contributed by atoms with Crippen LogP contribution in [0.2, 0.25) is 0 Å². The Morgan fingerprint density at radius 1 is 1.10 bits per heavy atom. The van der Waals surface area contributed by atoms with Crippen LogP contribution in [-0.4, -0.2) is 9.55 Å². The number of halogens is 3. The van der Waals surface area contributed by atoms with Gasteiger partial charge in [0.05, 0.1) is 16.6 Å². The first-order valence-electron chi connectivity index (χ1n) is 6.29. The normalized spacial score (nSPS) is 12.0. The average Bonchev–Trinajstić information content (AvgIpc) is 2.75. The van der Waals surface area contributed by atoms with Crippen LogP contribution in [0.5, 0.6) is 0 Å². The van der Waals surface area contributed by atoms with Crippen LogP contribution in [-0.2, 0) is 6.18 Å². The predicted molar refractivity (Wildman–Crippen MR) is 75.2 cm³/mol. The number of benzene rings is 2. The molecule has 3 nitrogen and oxygen atoms in total. The first-order valence-corrected chi connectivity index (χ1v) is 6.29. The minimum Gasteiger partial charge on any atom is -0.369 e. The maximum Gasteiger partial charge on any atom is 0.416 e. The minimum atomic E-state index is -4.39. The number of alkyl halides is 3. The fourth-order valence-corrected chi connectivity index (χ4v) is 2.40. The SMILES string of the molecule is Cc1cccc2nc(N)n(-c3cccc(C(F)(F)F)c3)c12. The van der Waals surface area contributed by atoms with Gasteiger partial charge in [-0.1, -0.05) is 18.2 Å². The largest absolute Gasteiger partial charge is 0.416 e. The molecule has 0 saturated heterocycles. The Labute approximate surface area is 118 Å². The Balaban J connectivity index is 2.28. The number of imidazole rings is 1. The lowest BCUT2D eigenvalue weighted by molar-refractivity contribution is -0.137. The number of hydrogen-bond donors (Lipinski definition) is 1. The second kappa shape index (κ2) is 4.51. The van der Waals surface area contributed by atoms with Gasteiger partial charge in [0.15, 0.2) is 0 Å². The van der Waals surface area contributed by atoms with Crippen molar-refractivity contribution in [3.8, 4) is 5.69 Å². The quantitative estimate of drug-likeness (QED) is 0.738. The molecule has 0 atom stereocenters. The molecule has 3 rings (SSSR count). The standard InChI is InChI=1S/C15H12F3N3/c1-9-4-2-7-12-13(9)21(14(19)20-12)11-6-3-5-10(8-11)15(16,17)18/h2-8H,1H3,(H2,19,20). The van der Waals surface area contributed by atoms with Crippen molar-refractivity contribution in [2.45, 2.75) is 13.1 Å². The zero-order valence-electron chi connectivity index (χ0n) is 11.1. The third-order valence-electron chi connectivity index (χ3n) is 3.34. The van der Waals surface area contributed by atoms with Gasteiger partial charge in [0.2, 0.25) is 5.95 Å². The van der Waals surface area contributed by atoms with Crippen molar-refractivity contribution >= 4 is 17.0 Å². The van der Waals surface area contributed by atoms with Crippen LogP contribution in [0.1, 0.15) is 11.1 Å². The summed E-state index contributed by atoms with van der Waals surface area (Å²) in [5.41, 5.74) is 7.79. The summed E-state index contributed by atoms with van der Waals surface area (Å²) in [6.45, 7) is 1.87. The van der Waals surface area contributed by atoms with Crippen LogP contribution >= 0.6 is 0 Å². The summed E-state index contributed by atoms with van der Waals surface area (Å²) in [4.78, 5) is 4.20. The van der Waals surface area contributed by atoms with Crippen molar-refractivity contribution < 1.29 is 13.2 Å². The lowest BCUT2D eigenvalue weighted by Gasteiger charge is -2.11. The van der Waals surface area contributed by atoms with Gasteiger partial charge >= 0.3 is 6.18 Å². The Morgan fingerprint density at radius 3 is 2.52 bits per heavy atom. The number of aryl methyl sites for hydroxylation is 1. The molecule has 0 fully saturated rings. The third-order valence-corrected chi connectivity index (χ3v) is 3.34. The van der Waals surface area contributed by atoms with Crippen molar-refractivity contribution in [2.75, 3.05) is 5.73 Å². The van der Waals surface area contributed by atoms with E-state index in [2.05, 4.69) is 4.98 Å². The van der Waals surface area contributed by atoms with Gasteiger partial charge in [-0.25, -0.2) is 4.98 Å². The highest BCUT2D eigenvalue weighted by molar-refractivity contribution is 5.83. The van der Waals surface area contributed by atoms with E-state index in [0.29, 0.717) is 16.7 Å². The highest BCUT2D eigenvalue weighted by Crippen LogP contribution is 2.32. The fourth-order valence-electron chi connectivity index (χ4n) is 2.40. The number of nitrogen functional groups attached to an aromatic ring is 1. The molecule has 1 aromatic heterocycles. The molecule has 0 aliphatic rings. The molecule has 0 radical (unpaired) electrons. The van der Waals surface area contributed by atoms with E-state index in [4.69, 9.17) is 5.73 Å². The van der Waals surface area contributed by atoms with Gasteiger partial charge in [-0.3, -0.25) is 4.57 Å². The summed E-state index contributed by atoms with van der Waals surface area (Å²) < 4.78 is 40.1. The number of hydrogen-bond acceptors (Lipinski definition) is 2. The van der Waals surface area contributed by atoms with E-state index in [0.717, 1.165) is 17.7 Å². The molecule has 0 aliphatic heterocycles. The molecular weight excluding hydrogens is 279 g/mol. The molecule has 0 saturated carbocycles. The lowest BCUT2D eigenvalue weighted by Crippen LogP contribution is -2.07. The van der Waals surface area contributed by atoms with Gasteiger partial charge in [0.1, 0.15) is 0 Å². The van der Waals surface area contributed by atoms with Gasteiger partial charge in [-0.15, -0.1) is 0 Å². The number of anilines is 1. The molecule has 6 heteroatoms. The number of fused-ring (bicyclic) bond motifs is 1. The van der Waals surface area contributed by atoms with Crippen LogP contribution in [0.3, 0.4) is 0 Å². The summed E-state index contributed by atoms with van der Waals surface area (Å²) in [7, 11) is 0. The maximum absolute atomic E-state index is 12.8. The first kappa shape index (κ1) is 13.5. The number of nitrogens with zero attached hydrogens (tertiary/aromatic N) is 2. The summed E-state index contributed by atoms with van der Waals surface area (Å²) in [5, 5.41) is 0. The molecule has 108 valence electrons. The second-order valence-electron chi connectivity index (χ2n) is 4.80. The molecule has 1 heterocycles. The molecule has 0 aliphatic carbocycles. The summed E-state index contributed by atoms with van der Waals surface area (Å²) in [6, 6.07) is 10.5. The Bertz CT molecular complexity index is 819. The van der Waals surface area contributed by atoms with Crippen molar-refractivity contribution in [3.63, 3.8) is 0 Å². The average molecular weight is 291 g/mol. The van der Waals surface area contributed by atoms with Gasteiger partial charge in [-0.2, -0.15) is 13.2 Å². The summed E-state index contributed by atoms with van der Waals surface area (Å²) in [6.07, 6.45) is -4.39. The van der Waals surface area contributed by atoms with Crippen LogP contribution < -0.4 is 5.73 Å². The lowest BCUT2D eigenvalue weighted by atomic mass is 10.1. The molecule has 0 spiro atoms. The maximum atomic E-state index is 12.8. The number of para-hydroxylation sites is 1. The van der Waals surface area contributed by atoms with E-state index < -0.39 is 11.7 Å². The molecule has 2 aromatic carbocycles. The van der Waals surface area contributed by atoms with Gasteiger partial charge in [-0.05, 0) is 36.8 Å². The van der Waals surface area contributed by atoms with Crippen molar-refractivity contribution in [1.82, 2.24) is 9.55 Å². The van der Waals surface area contributed by atoms with E-state index in [1.165, 1.54) is 6.07 Å². The summed E-state index contributed by atoms with van der Waals surface area (Å²) >= 11 is 0. The molecular formula is C15H12F3N3. The van der Waals surface area contributed by atoms with E-state index in [1.54, 1.807) is 16.7 Å². The Kier molecular flexibility index (Phi) is 2.90. The number of nitrogens with two attached hydrogens (primary N) is 1. The van der Waals surface area contributed by atoms with Crippen LogP contribution in [0.4, 0.5) is 19.1 Å². The zero-order chi connectivity index (χ0) is 15.2. The Hall–Kier alpha value is -2.50. The zero-order valence-corrected chi connectivity index (χ0v) is 11.1. The van der Waals surface area contributed by atoms with Gasteiger partial charge in [0, 0.05) is 5.69 Å². The van der Waals surface area contributed by atoms with Crippen LogP contribution in [0.15, 0.2) is 42.5 Å². The topological polar surface area (TPSA) is 43.8 Å². The van der Waals surface area contributed by atoms with Gasteiger partial charge < -0.3 is 5.73 Å². The van der Waals surface area contributed by atoms with Crippen LogP contribution in [0, 0.1) is 6.92 Å². The Morgan fingerprint density at radius 2 is 1.81 bits per heavy atom. The summed E-state index contributed by atoms with van der Waals surface area (Å²) in [5.74, 6) is 0.165. The molecule has 21 heavy (non-hydrogen) atoms. The van der Waals surface area contributed by atoms with E-state index in [-0.39, 0.29) is 5.95 Å². The first-order chi connectivity index (χ1) is 9.88. The van der Waals surface area contributed by atoms with E-state index in [9.17, 15) is 13.2 Å². The molecule has 0 unspecified atom stereocenters. The molecule has 0 amide bonds. The van der Waals surface area contributed by atoms with Crippen molar-refractivity contribution in [1.29, 1.82) is 0 Å². The third kappa shape index (κ3) is 2.22. The minimum absolute atomic E-state index is 0.165. The molecule has 3 aromatic rings. The van der Waals surface area contributed by atoms with Crippen molar-refractivity contribution in [2.24, 2.45) is 0 Å². The van der Waals surface area contributed by atoms with E-state index in [1.807, 2.05) is 19.1 Å². The predicted octanol–water partition coefficient (Wildman–Crippen LogP) is 3.93. The smallest absolute Gasteiger partial charge is 0.369 e. The molecule has 0 bridgehead atoms. The monoisotopic (exact) mass is 291 g/mol. The number of aromatic nitrogens is 2. The molecule has 2 N–H and O–H groups in total. The van der Waals surface area contributed by atoms with E-state index >= 15 is 0 Å². The van der Waals surface area contributed by atoms with Crippen LogP contribution in [0.25, 0.3) is 16.7 Å². The van der Waals surface area contributed by atoms with Crippen molar-refractivity contribution in [3.05, 3.63) is 53.6 Å².